The van der Waals surface area contributed by atoms with Crippen LogP contribution in [0.5, 0.6) is 5.75 Å². The molecule has 2 saturated heterocycles. The van der Waals surface area contributed by atoms with E-state index in [-0.39, 0.29) is 34.6 Å². The Morgan fingerprint density at radius 1 is 1.16 bits per heavy atom. The van der Waals surface area contributed by atoms with Crippen molar-refractivity contribution < 1.29 is 32.2 Å². The van der Waals surface area contributed by atoms with E-state index in [1.54, 1.807) is 18.2 Å². The monoisotopic (exact) mass is 459 g/mol. The highest BCUT2D eigenvalue weighted by atomic mass is 32.2. The number of aliphatic hydroxyl groups is 1. The van der Waals surface area contributed by atoms with Crippen molar-refractivity contribution in [1.29, 1.82) is 0 Å². The first-order valence-corrected chi connectivity index (χ1v) is 12.0. The standard InChI is InChI=1S/C23H22FNO6S/c1-2-31-16-9-7-14(8-10-16)21(26)19-20(17-5-3-4-6-18(17)24)25(23(28)22(19)27)15-11-12-32(29,30)13-15/h3-10,15,20,26H,2,11-13H2,1H3/t15-,20-/m0/s1. The Bertz CT molecular complexity index is 1210. The number of amides is 1. The third-order valence-electron chi connectivity index (χ3n) is 5.72. The maximum absolute atomic E-state index is 14.8. The van der Waals surface area contributed by atoms with Crippen molar-refractivity contribution in [2.24, 2.45) is 0 Å². The van der Waals surface area contributed by atoms with Gasteiger partial charge >= 0.3 is 0 Å². The van der Waals surface area contributed by atoms with Gasteiger partial charge in [-0.1, -0.05) is 18.2 Å². The molecular formula is C23H22FNO6S. The number of benzene rings is 2. The smallest absolute Gasteiger partial charge is 0.295 e. The lowest BCUT2D eigenvalue weighted by Gasteiger charge is -2.30. The molecule has 2 aromatic rings. The molecule has 2 fully saturated rings. The molecule has 2 aliphatic rings. The van der Waals surface area contributed by atoms with Crippen LogP contribution in [0.4, 0.5) is 4.39 Å². The molecule has 2 aromatic carbocycles. The second kappa shape index (κ2) is 8.38. The lowest BCUT2D eigenvalue weighted by Crippen LogP contribution is -2.40. The zero-order valence-electron chi connectivity index (χ0n) is 17.3. The molecule has 0 aliphatic carbocycles. The van der Waals surface area contributed by atoms with Crippen LogP contribution in [-0.2, 0) is 19.4 Å². The van der Waals surface area contributed by atoms with Gasteiger partial charge in [0.15, 0.2) is 9.84 Å². The predicted molar refractivity (Wildman–Crippen MR) is 115 cm³/mol. The van der Waals surface area contributed by atoms with Gasteiger partial charge in [-0.2, -0.15) is 0 Å². The molecule has 1 amide bonds. The van der Waals surface area contributed by atoms with Gasteiger partial charge in [0.2, 0.25) is 0 Å². The Labute approximate surface area is 185 Å². The predicted octanol–water partition coefficient (Wildman–Crippen LogP) is 2.83. The quantitative estimate of drug-likeness (QED) is 0.419. The number of ether oxygens (including phenoxy) is 1. The van der Waals surface area contributed by atoms with Crippen LogP contribution in [0.15, 0.2) is 54.1 Å². The highest BCUT2D eigenvalue weighted by Crippen LogP contribution is 2.43. The van der Waals surface area contributed by atoms with E-state index < -0.39 is 45.2 Å². The molecule has 4 rings (SSSR count). The number of nitrogens with zero attached hydrogens (tertiary/aromatic N) is 1. The summed E-state index contributed by atoms with van der Waals surface area (Å²) in [7, 11) is -3.38. The molecule has 0 bridgehead atoms. The maximum Gasteiger partial charge on any atom is 0.295 e. The third-order valence-corrected chi connectivity index (χ3v) is 7.47. The minimum atomic E-state index is -3.38. The second-order valence-electron chi connectivity index (χ2n) is 7.74. The van der Waals surface area contributed by atoms with E-state index >= 15 is 0 Å². The number of hydrogen-bond acceptors (Lipinski definition) is 6. The van der Waals surface area contributed by atoms with Crippen LogP contribution in [-0.4, -0.2) is 54.3 Å². The van der Waals surface area contributed by atoms with Crippen molar-refractivity contribution in [2.75, 3.05) is 18.1 Å². The lowest BCUT2D eigenvalue weighted by molar-refractivity contribution is -0.141. The Morgan fingerprint density at radius 3 is 2.44 bits per heavy atom. The van der Waals surface area contributed by atoms with E-state index in [2.05, 4.69) is 0 Å². The van der Waals surface area contributed by atoms with Gasteiger partial charge in [-0.25, -0.2) is 12.8 Å². The van der Waals surface area contributed by atoms with Crippen LogP contribution < -0.4 is 4.74 Å². The number of hydrogen-bond donors (Lipinski definition) is 1. The molecular weight excluding hydrogens is 437 g/mol. The van der Waals surface area contributed by atoms with Gasteiger partial charge in [-0.3, -0.25) is 9.59 Å². The fourth-order valence-electron chi connectivity index (χ4n) is 4.25. The van der Waals surface area contributed by atoms with Crippen LogP contribution in [0, 0.1) is 5.82 Å². The SMILES string of the molecule is CCOc1ccc(C(O)=C2C(=O)C(=O)N([C@H]3CCS(=O)(=O)C3)[C@H]2c2ccccc2F)cc1. The molecule has 2 aliphatic heterocycles. The first-order chi connectivity index (χ1) is 15.2. The zero-order chi connectivity index (χ0) is 23.0. The Kier molecular flexibility index (Phi) is 5.77. The van der Waals surface area contributed by atoms with Gasteiger partial charge in [0.1, 0.15) is 17.3 Å². The van der Waals surface area contributed by atoms with Gasteiger partial charge in [0.05, 0.1) is 29.7 Å². The third kappa shape index (κ3) is 3.88. The zero-order valence-corrected chi connectivity index (χ0v) is 18.1. The number of carbonyl (C=O) groups excluding carboxylic acids is 2. The average molecular weight is 459 g/mol. The lowest BCUT2D eigenvalue weighted by atomic mass is 9.94. The van der Waals surface area contributed by atoms with Crippen molar-refractivity contribution in [1.82, 2.24) is 4.90 Å². The van der Waals surface area contributed by atoms with Crippen LogP contribution in [0.25, 0.3) is 5.76 Å². The Morgan fingerprint density at radius 2 is 1.84 bits per heavy atom. The highest BCUT2D eigenvalue weighted by Gasteiger charge is 2.51. The molecule has 168 valence electrons. The van der Waals surface area contributed by atoms with Gasteiger partial charge in [-0.05, 0) is 43.7 Å². The summed E-state index contributed by atoms with van der Waals surface area (Å²) in [6.07, 6.45) is 0.142. The summed E-state index contributed by atoms with van der Waals surface area (Å²) in [5, 5.41) is 11.0. The molecule has 0 unspecified atom stereocenters. The molecule has 0 spiro atoms. The fraction of sp³-hybridized carbons (Fsp3) is 0.304. The number of aliphatic hydroxyl groups excluding tert-OH is 1. The van der Waals surface area contributed by atoms with E-state index in [4.69, 9.17) is 4.74 Å². The van der Waals surface area contributed by atoms with E-state index in [1.165, 1.54) is 30.3 Å². The summed E-state index contributed by atoms with van der Waals surface area (Å²) < 4.78 is 44.3. The molecule has 0 saturated carbocycles. The highest BCUT2D eigenvalue weighted by molar-refractivity contribution is 7.91. The van der Waals surface area contributed by atoms with Crippen LogP contribution in [0.1, 0.15) is 30.5 Å². The summed E-state index contributed by atoms with van der Waals surface area (Å²) in [5.74, 6) is -2.92. The summed E-state index contributed by atoms with van der Waals surface area (Å²) in [6.45, 7) is 2.28. The Balaban J connectivity index is 1.86. The van der Waals surface area contributed by atoms with Gasteiger partial charge in [0, 0.05) is 17.2 Å². The van der Waals surface area contributed by atoms with Crippen molar-refractivity contribution in [2.45, 2.75) is 25.4 Å². The maximum atomic E-state index is 14.8. The van der Waals surface area contributed by atoms with E-state index in [0.29, 0.717) is 12.4 Å². The number of likely N-dealkylation sites (tertiary alicyclic amines) is 1. The van der Waals surface area contributed by atoms with Gasteiger partial charge < -0.3 is 14.7 Å². The van der Waals surface area contributed by atoms with E-state index in [9.17, 15) is 27.5 Å². The molecule has 7 nitrogen and oxygen atoms in total. The largest absolute Gasteiger partial charge is 0.507 e. The Hall–Kier alpha value is -3.20. The van der Waals surface area contributed by atoms with Crippen LogP contribution in [0.3, 0.4) is 0 Å². The van der Waals surface area contributed by atoms with Crippen LogP contribution >= 0.6 is 0 Å². The average Bonchev–Trinajstić information content (AvgIpc) is 3.25. The number of Topliss-reactive ketones (excluding diaryl/α,β-unsaturated/α-hetero) is 1. The number of halogens is 1. The molecule has 2 heterocycles. The normalized spacial score (nSPS) is 24.1. The summed E-state index contributed by atoms with van der Waals surface area (Å²) >= 11 is 0. The van der Waals surface area contributed by atoms with E-state index in [1.807, 2.05) is 6.92 Å². The van der Waals surface area contributed by atoms with Crippen molar-refractivity contribution >= 4 is 27.3 Å². The summed E-state index contributed by atoms with van der Waals surface area (Å²) in [4.78, 5) is 27.1. The number of rotatable bonds is 5. The molecule has 2 atom stereocenters. The van der Waals surface area contributed by atoms with E-state index in [0.717, 1.165) is 4.90 Å². The summed E-state index contributed by atoms with van der Waals surface area (Å²) in [6, 6.07) is 9.90. The minimum absolute atomic E-state index is 0.0171. The number of carbonyl (C=O) groups is 2. The van der Waals surface area contributed by atoms with Crippen molar-refractivity contribution in [3.8, 4) is 5.75 Å². The number of ketones is 1. The first kappa shape index (κ1) is 22.0. The second-order valence-corrected chi connectivity index (χ2v) is 9.97. The molecule has 0 radical (unpaired) electrons. The molecule has 0 aromatic heterocycles. The molecule has 32 heavy (non-hydrogen) atoms. The van der Waals surface area contributed by atoms with Gasteiger partial charge in [-0.15, -0.1) is 0 Å². The van der Waals surface area contributed by atoms with Gasteiger partial charge in [0.25, 0.3) is 11.7 Å². The topological polar surface area (TPSA) is 101 Å². The van der Waals surface area contributed by atoms with Crippen molar-refractivity contribution in [3.05, 3.63) is 71.0 Å². The van der Waals surface area contributed by atoms with Crippen molar-refractivity contribution in [3.63, 3.8) is 0 Å². The molecule has 9 heteroatoms. The first-order valence-electron chi connectivity index (χ1n) is 10.2. The molecule has 1 N–H and O–H groups in total. The summed E-state index contributed by atoms with van der Waals surface area (Å²) in [5.41, 5.74) is 0.00359. The fourth-order valence-corrected chi connectivity index (χ4v) is 5.97. The number of sulfone groups is 1. The minimum Gasteiger partial charge on any atom is -0.507 e. The van der Waals surface area contributed by atoms with Crippen LogP contribution in [0.2, 0.25) is 0 Å².